The van der Waals surface area contributed by atoms with Crippen molar-refractivity contribution < 1.29 is 14.3 Å². The second-order valence-electron chi connectivity index (χ2n) is 8.13. The Morgan fingerprint density at radius 3 is 2.42 bits per heavy atom. The van der Waals surface area contributed by atoms with Crippen LogP contribution in [0.3, 0.4) is 0 Å². The number of fused-ring (bicyclic) bond motifs is 1. The lowest BCUT2D eigenvalue weighted by molar-refractivity contribution is 0.0392. The third-order valence-electron chi connectivity index (χ3n) is 4.79. The van der Waals surface area contributed by atoms with Crippen LogP contribution in [-0.4, -0.2) is 12.7 Å². The molecule has 0 spiro atoms. The Bertz CT molecular complexity index is 794. The fraction of sp³-hybridized carbons (Fsp3) is 0.409. The van der Waals surface area contributed by atoms with Gasteiger partial charge in [-0.15, -0.1) is 0 Å². The van der Waals surface area contributed by atoms with Gasteiger partial charge in [-0.3, -0.25) is 0 Å². The Kier molecular flexibility index (Phi) is 4.94. The highest BCUT2D eigenvalue weighted by Gasteiger charge is 2.41. The molecule has 0 saturated heterocycles. The van der Waals surface area contributed by atoms with Crippen molar-refractivity contribution in [1.29, 1.82) is 0 Å². The predicted octanol–water partition coefficient (Wildman–Crippen LogP) is 5.11. The minimum atomic E-state index is -0.725. The summed E-state index contributed by atoms with van der Waals surface area (Å²) < 4.78 is 11.1. The number of ether oxygens (including phenoxy) is 2. The molecule has 0 radical (unpaired) electrons. The molecule has 0 bridgehead atoms. The molecule has 0 saturated carbocycles. The first kappa shape index (κ1) is 18.3. The van der Waals surface area contributed by atoms with Gasteiger partial charge in [0.25, 0.3) is 0 Å². The first-order valence-electron chi connectivity index (χ1n) is 9.08. The first-order valence-corrected chi connectivity index (χ1v) is 9.08. The first-order chi connectivity index (χ1) is 12.3. The Morgan fingerprint density at radius 2 is 1.81 bits per heavy atom. The SMILES string of the molecule is CC(C)COc1ccc(-c2ccc3c(c2)CC(C)(C)C3OC(N)=O)cc1. The van der Waals surface area contributed by atoms with Crippen molar-refractivity contribution in [3.8, 4) is 16.9 Å². The van der Waals surface area contributed by atoms with E-state index in [1.165, 1.54) is 5.56 Å². The van der Waals surface area contributed by atoms with Gasteiger partial charge in [0, 0.05) is 5.41 Å². The van der Waals surface area contributed by atoms with Crippen molar-refractivity contribution in [2.75, 3.05) is 6.61 Å². The standard InChI is InChI=1S/C22H27NO3/c1-14(2)13-25-18-8-5-15(6-9-18)16-7-10-19-17(11-16)12-22(3,4)20(19)26-21(23)24/h5-11,14,20H,12-13H2,1-4H3,(H2,23,24). The van der Waals surface area contributed by atoms with Crippen molar-refractivity contribution in [1.82, 2.24) is 0 Å². The third kappa shape index (κ3) is 3.85. The van der Waals surface area contributed by atoms with Gasteiger partial charge in [-0.2, -0.15) is 0 Å². The molecule has 0 aromatic heterocycles. The largest absolute Gasteiger partial charge is 0.493 e. The fourth-order valence-electron chi connectivity index (χ4n) is 3.54. The Balaban J connectivity index is 1.83. The number of hydrogen-bond acceptors (Lipinski definition) is 3. The molecule has 3 rings (SSSR count). The number of hydrogen-bond donors (Lipinski definition) is 1. The van der Waals surface area contributed by atoms with Gasteiger partial charge in [0.15, 0.2) is 0 Å². The Labute approximate surface area is 155 Å². The second kappa shape index (κ2) is 7.02. The maximum atomic E-state index is 11.3. The van der Waals surface area contributed by atoms with Crippen molar-refractivity contribution in [3.63, 3.8) is 0 Å². The van der Waals surface area contributed by atoms with Crippen LogP contribution in [0.2, 0.25) is 0 Å². The molecule has 4 heteroatoms. The van der Waals surface area contributed by atoms with E-state index in [0.717, 1.165) is 28.9 Å². The minimum Gasteiger partial charge on any atom is -0.493 e. The summed E-state index contributed by atoms with van der Waals surface area (Å²) in [6.07, 6.45) is -0.170. The molecular formula is C22H27NO3. The van der Waals surface area contributed by atoms with E-state index in [1.54, 1.807) is 0 Å². The Hall–Kier alpha value is -2.49. The van der Waals surface area contributed by atoms with Crippen LogP contribution >= 0.6 is 0 Å². The summed E-state index contributed by atoms with van der Waals surface area (Å²) in [6.45, 7) is 9.18. The molecule has 138 valence electrons. The fourth-order valence-corrected chi connectivity index (χ4v) is 3.54. The number of nitrogens with two attached hydrogens (primary N) is 1. The van der Waals surface area contributed by atoms with Crippen LogP contribution in [0.4, 0.5) is 4.79 Å². The van der Waals surface area contributed by atoms with E-state index >= 15 is 0 Å². The maximum absolute atomic E-state index is 11.3. The van der Waals surface area contributed by atoms with Crippen LogP contribution in [0.1, 0.15) is 44.9 Å². The summed E-state index contributed by atoms with van der Waals surface area (Å²) >= 11 is 0. The predicted molar refractivity (Wildman–Crippen MR) is 103 cm³/mol. The summed E-state index contributed by atoms with van der Waals surface area (Å²) in [5.41, 5.74) is 9.64. The highest BCUT2D eigenvalue weighted by atomic mass is 16.6. The zero-order valence-corrected chi connectivity index (χ0v) is 15.9. The van der Waals surface area contributed by atoms with Crippen LogP contribution < -0.4 is 10.5 Å². The molecule has 0 fully saturated rings. The second-order valence-corrected chi connectivity index (χ2v) is 8.13. The monoisotopic (exact) mass is 353 g/mol. The smallest absolute Gasteiger partial charge is 0.405 e. The molecule has 0 aliphatic heterocycles. The molecule has 1 amide bonds. The summed E-state index contributed by atoms with van der Waals surface area (Å²) in [7, 11) is 0. The van der Waals surface area contributed by atoms with E-state index in [4.69, 9.17) is 15.2 Å². The molecule has 1 aliphatic rings. The molecule has 26 heavy (non-hydrogen) atoms. The molecule has 1 unspecified atom stereocenters. The number of rotatable bonds is 5. The highest BCUT2D eigenvalue weighted by molar-refractivity contribution is 5.68. The third-order valence-corrected chi connectivity index (χ3v) is 4.79. The van der Waals surface area contributed by atoms with Gasteiger partial charge in [0.1, 0.15) is 11.9 Å². The number of carbonyl (C=O) groups is 1. The summed E-state index contributed by atoms with van der Waals surface area (Å²) in [6, 6.07) is 14.5. The van der Waals surface area contributed by atoms with Crippen molar-refractivity contribution in [2.24, 2.45) is 17.1 Å². The zero-order valence-electron chi connectivity index (χ0n) is 15.9. The van der Waals surface area contributed by atoms with Gasteiger partial charge in [0.2, 0.25) is 0 Å². The van der Waals surface area contributed by atoms with Gasteiger partial charge in [-0.1, -0.05) is 58.0 Å². The van der Waals surface area contributed by atoms with Gasteiger partial charge >= 0.3 is 6.09 Å². The number of carbonyl (C=O) groups excluding carboxylic acids is 1. The average Bonchev–Trinajstić information content (AvgIpc) is 2.82. The van der Waals surface area contributed by atoms with Gasteiger partial charge in [0.05, 0.1) is 6.61 Å². The minimum absolute atomic E-state index is 0.162. The summed E-state index contributed by atoms with van der Waals surface area (Å²) in [5.74, 6) is 1.39. The van der Waals surface area contributed by atoms with Gasteiger partial charge < -0.3 is 15.2 Å². The summed E-state index contributed by atoms with van der Waals surface area (Å²) in [5, 5.41) is 0. The lowest BCUT2D eigenvalue weighted by atomic mass is 9.87. The lowest BCUT2D eigenvalue weighted by Gasteiger charge is -2.26. The van der Waals surface area contributed by atoms with Crippen LogP contribution in [0.15, 0.2) is 42.5 Å². The molecule has 2 aromatic carbocycles. The van der Waals surface area contributed by atoms with Crippen LogP contribution in [-0.2, 0) is 11.2 Å². The highest BCUT2D eigenvalue weighted by Crippen LogP contribution is 2.48. The van der Waals surface area contributed by atoms with E-state index < -0.39 is 6.09 Å². The van der Waals surface area contributed by atoms with Crippen molar-refractivity contribution >= 4 is 6.09 Å². The molecular weight excluding hydrogens is 326 g/mol. The average molecular weight is 353 g/mol. The molecule has 1 aliphatic carbocycles. The van der Waals surface area contributed by atoms with E-state index in [2.05, 4.69) is 58.0 Å². The van der Waals surface area contributed by atoms with Gasteiger partial charge in [-0.05, 0) is 46.7 Å². The van der Waals surface area contributed by atoms with Crippen LogP contribution in [0.5, 0.6) is 5.75 Å². The Morgan fingerprint density at radius 1 is 1.15 bits per heavy atom. The van der Waals surface area contributed by atoms with E-state index in [9.17, 15) is 4.79 Å². The van der Waals surface area contributed by atoms with Crippen molar-refractivity contribution in [2.45, 2.75) is 40.2 Å². The molecule has 0 heterocycles. The number of benzene rings is 2. The number of primary amides is 1. The van der Waals surface area contributed by atoms with E-state index in [-0.39, 0.29) is 11.5 Å². The molecule has 2 N–H and O–H groups in total. The van der Waals surface area contributed by atoms with E-state index in [0.29, 0.717) is 12.5 Å². The van der Waals surface area contributed by atoms with Crippen molar-refractivity contribution in [3.05, 3.63) is 53.6 Å². The maximum Gasteiger partial charge on any atom is 0.405 e. The number of amides is 1. The van der Waals surface area contributed by atoms with Gasteiger partial charge in [-0.25, -0.2) is 4.79 Å². The normalized spacial score (nSPS) is 17.8. The molecule has 1 atom stereocenters. The topological polar surface area (TPSA) is 61.6 Å². The molecule has 4 nitrogen and oxygen atoms in total. The lowest BCUT2D eigenvalue weighted by Crippen LogP contribution is -2.25. The quantitative estimate of drug-likeness (QED) is 0.813. The van der Waals surface area contributed by atoms with Crippen LogP contribution in [0.25, 0.3) is 11.1 Å². The summed E-state index contributed by atoms with van der Waals surface area (Å²) in [4.78, 5) is 11.3. The zero-order chi connectivity index (χ0) is 18.9. The van der Waals surface area contributed by atoms with Crippen LogP contribution in [0, 0.1) is 11.3 Å². The van der Waals surface area contributed by atoms with E-state index in [1.807, 2.05) is 12.1 Å². The molecule has 2 aromatic rings.